The molecule has 0 aliphatic heterocycles. The number of anilines is 1. The van der Waals surface area contributed by atoms with E-state index in [4.69, 9.17) is 0 Å². The summed E-state index contributed by atoms with van der Waals surface area (Å²) in [6, 6.07) is 7.76. The molecule has 0 saturated carbocycles. The zero-order valence-electron chi connectivity index (χ0n) is 12.8. The number of amides is 1. The molecule has 3 rings (SSSR count). The summed E-state index contributed by atoms with van der Waals surface area (Å²) in [5, 5.41) is 5.48. The van der Waals surface area contributed by atoms with E-state index < -0.39 is 0 Å². The number of carbonyl (C=O) groups excluding carboxylic acids is 1. The zero-order valence-corrected chi connectivity index (χ0v) is 13.6. The van der Waals surface area contributed by atoms with Crippen LogP contribution >= 0.6 is 11.3 Å². The molecule has 0 aliphatic carbocycles. The quantitative estimate of drug-likeness (QED) is 0.805. The standard InChI is InChI=1S/C16H18N4OS/c1-16(2,3)13-9-22-15(18-13)19-14(21)8-20-10-17-11-6-4-5-7-12(11)20/h4-7,9-10H,8H2,1-3H3,(H,18,19,21). The number of carbonyl (C=O) groups is 1. The Bertz CT molecular complexity index is 813. The molecule has 0 atom stereocenters. The Kier molecular flexibility index (Phi) is 3.70. The van der Waals surface area contributed by atoms with Gasteiger partial charge < -0.3 is 9.88 Å². The van der Waals surface area contributed by atoms with Gasteiger partial charge in [0.05, 0.1) is 23.1 Å². The van der Waals surface area contributed by atoms with E-state index in [0.29, 0.717) is 5.13 Å². The average Bonchev–Trinajstić information content (AvgIpc) is 3.06. The molecule has 0 unspecified atom stereocenters. The Hall–Kier alpha value is -2.21. The third-order valence-electron chi connectivity index (χ3n) is 3.36. The molecule has 1 N–H and O–H groups in total. The Morgan fingerprint density at radius 1 is 1.32 bits per heavy atom. The number of nitrogens with zero attached hydrogens (tertiary/aromatic N) is 3. The second-order valence-electron chi connectivity index (χ2n) is 6.20. The molecule has 114 valence electrons. The maximum atomic E-state index is 12.2. The fourth-order valence-electron chi connectivity index (χ4n) is 2.13. The Labute approximate surface area is 133 Å². The van der Waals surface area contributed by atoms with E-state index in [1.165, 1.54) is 11.3 Å². The Morgan fingerprint density at radius 3 is 2.82 bits per heavy atom. The van der Waals surface area contributed by atoms with Gasteiger partial charge in [-0.25, -0.2) is 9.97 Å². The van der Waals surface area contributed by atoms with Crippen LogP contribution in [-0.4, -0.2) is 20.4 Å². The molecular formula is C16H18N4OS. The number of para-hydroxylation sites is 2. The van der Waals surface area contributed by atoms with Crippen molar-refractivity contribution in [1.29, 1.82) is 0 Å². The van der Waals surface area contributed by atoms with Gasteiger partial charge in [0.1, 0.15) is 6.54 Å². The number of benzene rings is 1. The molecule has 0 spiro atoms. The first-order valence-corrected chi connectivity index (χ1v) is 7.97. The normalized spacial score (nSPS) is 11.8. The molecule has 22 heavy (non-hydrogen) atoms. The summed E-state index contributed by atoms with van der Waals surface area (Å²) in [7, 11) is 0. The summed E-state index contributed by atoms with van der Waals surface area (Å²) in [5.41, 5.74) is 2.81. The minimum atomic E-state index is -0.0991. The molecule has 0 fully saturated rings. The number of thiazole rings is 1. The SMILES string of the molecule is CC(C)(C)c1csc(NC(=O)Cn2cnc3ccccc32)n1. The lowest BCUT2D eigenvalue weighted by Gasteiger charge is -2.14. The number of hydrogen-bond donors (Lipinski definition) is 1. The first-order chi connectivity index (χ1) is 10.4. The molecule has 0 bridgehead atoms. The third-order valence-corrected chi connectivity index (χ3v) is 4.12. The van der Waals surface area contributed by atoms with E-state index in [2.05, 4.69) is 36.1 Å². The molecule has 1 amide bonds. The van der Waals surface area contributed by atoms with Gasteiger partial charge in [0.2, 0.25) is 5.91 Å². The molecular weight excluding hydrogens is 296 g/mol. The highest BCUT2D eigenvalue weighted by Gasteiger charge is 2.18. The predicted octanol–water partition coefficient (Wildman–Crippen LogP) is 3.43. The maximum absolute atomic E-state index is 12.2. The lowest BCUT2D eigenvalue weighted by atomic mass is 9.93. The Morgan fingerprint density at radius 2 is 2.09 bits per heavy atom. The van der Waals surface area contributed by atoms with Crippen molar-refractivity contribution < 1.29 is 4.79 Å². The second kappa shape index (κ2) is 5.53. The topological polar surface area (TPSA) is 59.8 Å². The van der Waals surface area contributed by atoms with E-state index in [0.717, 1.165) is 16.7 Å². The summed E-state index contributed by atoms with van der Waals surface area (Å²) in [4.78, 5) is 20.9. The monoisotopic (exact) mass is 314 g/mol. The van der Waals surface area contributed by atoms with Crippen molar-refractivity contribution in [2.45, 2.75) is 32.7 Å². The van der Waals surface area contributed by atoms with Crippen molar-refractivity contribution in [3.63, 3.8) is 0 Å². The number of fused-ring (bicyclic) bond motifs is 1. The van der Waals surface area contributed by atoms with Gasteiger partial charge in [-0.15, -0.1) is 11.3 Å². The average molecular weight is 314 g/mol. The van der Waals surface area contributed by atoms with E-state index in [9.17, 15) is 4.79 Å². The highest BCUT2D eigenvalue weighted by molar-refractivity contribution is 7.13. The van der Waals surface area contributed by atoms with Gasteiger partial charge in [0, 0.05) is 10.8 Å². The number of imidazole rings is 1. The van der Waals surface area contributed by atoms with Gasteiger partial charge in [-0.05, 0) is 12.1 Å². The van der Waals surface area contributed by atoms with Gasteiger partial charge in [-0.2, -0.15) is 0 Å². The molecule has 3 aromatic rings. The summed E-state index contributed by atoms with van der Waals surface area (Å²) >= 11 is 1.45. The van der Waals surface area contributed by atoms with Crippen molar-refractivity contribution >= 4 is 33.4 Å². The summed E-state index contributed by atoms with van der Waals surface area (Å²) in [5.74, 6) is -0.0991. The zero-order chi connectivity index (χ0) is 15.7. The van der Waals surface area contributed by atoms with Crippen LogP contribution in [0, 0.1) is 0 Å². The molecule has 1 aromatic carbocycles. The number of rotatable bonds is 3. The maximum Gasteiger partial charge on any atom is 0.246 e. The molecule has 0 saturated heterocycles. The van der Waals surface area contributed by atoms with Crippen LogP contribution in [-0.2, 0) is 16.8 Å². The minimum absolute atomic E-state index is 0.0139. The van der Waals surface area contributed by atoms with Crippen molar-refractivity contribution in [3.8, 4) is 0 Å². The lowest BCUT2D eigenvalue weighted by Crippen LogP contribution is -2.18. The van der Waals surface area contributed by atoms with Crippen molar-refractivity contribution in [2.24, 2.45) is 0 Å². The second-order valence-corrected chi connectivity index (χ2v) is 7.06. The van der Waals surface area contributed by atoms with E-state index in [1.54, 1.807) is 6.33 Å². The van der Waals surface area contributed by atoms with Crippen molar-refractivity contribution in [1.82, 2.24) is 14.5 Å². The van der Waals surface area contributed by atoms with Crippen LogP contribution in [0.3, 0.4) is 0 Å². The number of hydrogen-bond acceptors (Lipinski definition) is 4. The lowest BCUT2D eigenvalue weighted by molar-refractivity contribution is -0.116. The highest BCUT2D eigenvalue weighted by atomic mass is 32.1. The summed E-state index contributed by atoms with van der Waals surface area (Å²) in [6.45, 7) is 6.53. The van der Waals surface area contributed by atoms with Gasteiger partial charge in [0.25, 0.3) is 0 Å². The minimum Gasteiger partial charge on any atom is -0.321 e. The highest BCUT2D eigenvalue weighted by Crippen LogP contribution is 2.26. The fraction of sp³-hybridized carbons (Fsp3) is 0.312. The molecule has 0 radical (unpaired) electrons. The van der Waals surface area contributed by atoms with E-state index in [1.807, 2.05) is 34.2 Å². The Balaban J connectivity index is 1.71. The van der Waals surface area contributed by atoms with Crippen LogP contribution in [0.2, 0.25) is 0 Å². The van der Waals surface area contributed by atoms with Crippen molar-refractivity contribution in [2.75, 3.05) is 5.32 Å². The van der Waals surface area contributed by atoms with Crippen LogP contribution in [0.15, 0.2) is 36.0 Å². The largest absolute Gasteiger partial charge is 0.321 e. The van der Waals surface area contributed by atoms with Crippen LogP contribution < -0.4 is 5.32 Å². The first-order valence-electron chi connectivity index (χ1n) is 7.09. The van der Waals surface area contributed by atoms with Crippen LogP contribution in [0.5, 0.6) is 0 Å². The van der Waals surface area contributed by atoms with Crippen LogP contribution in [0.4, 0.5) is 5.13 Å². The predicted molar refractivity (Wildman–Crippen MR) is 89.2 cm³/mol. The van der Waals surface area contributed by atoms with Gasteiger partial charge in [0.15, 0.2) is 5.13 Å². The molecule has 2 heterocycles. The van der Waals surface area contributed by atoms with E-state index >= 15 is 0 Å². The smallest absolute Gasteiger partial charge is 0.246 e. The number of aromatic nitrogens is 3. The number of nitrogens with one attached hydrogen (secondary N) is 1. The fourth-order valence-corrected chi connectivity index (χ4v) is 3.08. The van der Waals surface area contributed by atoms with Crippen LogP contribution in [0.25, 0.3) is 11.0 Å². The molecule has 6 heteroatoms. The van der Waals surface area contributed by atoms with Crippen LogP contribution in [0.1, 0.15) is 26.5 Å². The summed E-state index contributed by atoms with van der Waals surface area (Å²) in [6.07, 6.45) is 1.69. The van der Waals surface area contributed by atoms with Gasteiger partial charge >= 0.3 is 0 Å². The first kappa shape index (κ1) is 14.7. The van der Waals surface area contributed by atoms with E-state index in [-0.39, 0.29) is 17.9 Å². The summed E-state index contributed by atoms with van der Waals surface area (Å²) < 4.78 is 1.84. The molecule has 0 aliphatic rings. The molecule has 5 nitrogen and oxygen atoms in total. The van der Waals surface area contributed by atoms with Gasteiger partial charge in [-0.1, -0.05) is 32.9 Å². The molecule has 2 aromatic heterocycles. The van der Waals surface area contributed by atoms with Crippen molar-refractivity contribution in [3.05, 3.63) is 41.7 Å². The van der Waals surface area contributed by atoms with Gasteiger partial charge in [-0.3, -0.25) is 4.79 Å². The third kappa shape index (κ3) is 3.01.